The summed E-state index contributed by atoms with van der Waals surface area (Å²) in [5.41, 5.74) is 0.491. The number of rotatable bonds is 4. The summed E-state index contributed by atoms with van der Waals surface area (Å²) in [5, 5.41) is 18.2. The topological polar surface area (TPSA) is 60.8 Å². The Morgan fingerprint density at radius 3 is 3.00 bits per heavy atom. The molecule has 1 fully saturated rings. The maximum absolute atomic E-state index is 13.9. The third-order valence-corrected chi connectivity index (χ3v) is 4.71. The molecule has 0 spiro atoms. The molecule has 4 nitrogen and oxygen atoms in total. The number of hydrogen-bond acceptors (Lipinski definition) is 4. The standard InChI is InChI=1S/C14H18FNO3S/c1-9(12-3-2-11(17)7-13(12)15)16-4-5-20-8-10(16)6-14(18)19/h2-3,7,9-10,17H,4-6,8H2,1H3,(H,18,19). The van der Waals surface area contributed by atoms with E-state index in [-0.39, 0.29) is 24.3 Å². The van der Waals surface area contributed by atoms with Crippen molar-refractivity contribution in [3.05, 3.63) is 29.6 Å². The molecule has 2 atom stereocenters. The Hall–Kier alpha value is -1.27. The van der Waals surface area contributed by atoms with Crippen LogP contribution in [0.4, 0.5) is 4.39 Å². The highest BCUT2D eigenvalue weighted by Gasteiger charge is 2.30. The summed E-state index contributed by atoms with van der Waals surface area (Å²) < 4.78 is 13.9. The summed E-state index contributed by atoms with van der Waals surface area (Å²) >= 11 is 1.73. The lowest BCUT2D eigenvalue weighted by Crippen LogP contribution is -2.45. The molecule has 1 heterocycles. The lowest BCUT2D eigenvalue weighted by Gasteiger charge is -2.39. The summed E-state index contributed by atoms with van der Waals surface area (Å²) in [4.78, 5) is 13.0. The minimum Gasteiger partial charge on any atom is -0.508 e. The third-order valence-electron chi connectivity index (χ3n) is 3.61. The molecule has 1 saturated heterocycles. The average Bonchev–Trinajstić information content (AvgIpc) is 2.38. The number of halogens is 1. The number of hydrogen-bond donors (Lipinski definition) is 2. The fourth-order valence-electron chi connectivity index (χ4n) is 2.59. The molecule has 1 aromatic rings. The SMILES string of the molecule is CC(c1ccc(O)cc1F)N1CCSCC1CC(=O)O. The number of nitrogens with zero attached hydrogens (tertiary/aromatic N) is 1. The minimum absolute atomic E-state index is 0.0665. The monoisotopic (exact) mass is 299 g/mol. The average molecular weight is 299 g/mol. The molecule has 110 valence electrons. The molecule has 6 heteroatoms. The molecular weight excluding hydrogens is 281 g/mol. The molecule has 0 aromatic heterocycles. The van der Waals surface area contributed by atoms with E-state index in [1.54, 1.807) is 17.8 Å². The predicted molar refractivity (Wildman–Crippen MR) is 76.6 cm³/mol. The normalized spacial score (nSPS) is 21.6. The summed E-state index contributed by atoms with van der Waals surface area (Å²) in [7, 11) is 0. The molecule has 2 rings (SSSR count). The van der Waals surface area contributed by atoms with Gasteiger partial charge in [-0.05, 0) is 13.0 Å². The minimum atomic E-state index is -0.833. The molecule has 0 aliphatic carbocycles. The zero-order chi connectivity index (χ0) is 14.7. The van der Waals surface area contributed by atoms with Crippen molar-refractivity contribution >= 4 is 17.7 Å². The highest BCUT2D eigenvalue weighted by molar-refractivity contribution is 7.99. The van der Waals surface area contributed by atoms with Crippen molar-refractivity contribution in [1.29, 1.82) is 0 Å². The van der Waals surface area contributed by atoms with Crippen LogP contribution in [-0.2, 0) is 4.79 Å². The number of thioether (sulfide) groups is 1. The van der Waals surface area contributed by atoms with Crippen molar-refractivity contribution in [2.75, 3.05) is 18.1 Å². The van der Waals surface area contributed by atoms with Gasteiger partial charge in [-0.25, -0.2) is 4.39 Å². The van der Waals surface area contributed by atoms with Crippen LogP contribution in [0.5, 0.6) is 5.75 Å². The van der Waals surface area contributed by atoms with Crippen molar-refractivity contribution in [2.45, 2.75) is 25.4 Å². The lowest BCUT2D eigenvalue weighted by molar-refractivity contribution is -0.138. The van der Waals surface area contributed by atoms with Crippen LogP contribution in [0.1, 0.15) is 24.9 Å². The number of carboxylic acids is 1. The molecule has 1 aliphatic heterocycles. The maximum Gasteiger partial charge on any atom is 0.304 e. The van der Waals surface area contributed by atoms with Crippen LogP contribution in [0.2, 0.25) is 0 Å². The predicted octanol–water partition coefficient (Wildman–Crippen LogP) is 2.48. The first-order valence-electron chi connectivity index (χ1n) is 6.52. The number of carboxylic acid groups (broad SMARTS) is 1. The van der Waals surface area contributed by atoms with Gasteiger partial charge < -0.3 is 10.2 Å². The maximum atomic E-state index is 13.9. The zero-order valence-electron chi connectivity index (χ0n) is 11.3. The van der Waals surface area contributed by atoms with Gasteiger partial charge in [0.05, 0.1) is 6.42 Å². The van der Waals surface area contributed by atoms with Crippen LogP contribution in [0.3, 0.4) is 0 Å². The van der Waals surface area contributed by atoms with E-state index >= 15 is 0 Å². The molecule has 0 amide bonds. The van der Waals surface area contributed by atoms with E-state index in [2.05, 4.69) is 0 Å². The van der Waals surface area contributed by atoms with Gasteiger partial charge in [-0.1, -0.05) is 6.07 Å². The van der Waals surface area contributed by atoms with Crippen LogP contribution >= 0.6 is 11.8 Å². The largest absolute Gasteiger partial charge is 0.508 e. The van der Waals surface area contributed by atoms with Crippen molar-refractivity contribution in [3.8, 4) is 5.75 Å². The van der Waals surface area contributed by atoms with Crippen LogP contribution in [0, 0.1) is 5.82 Å². The zero-order valence-corrected chi connectivity index (χ0v) is 12.1. The smallest absolute Gasteiger partial charge is 0.304 e. The molecule has 1 aliphatic rings. The number of carbonyl (C=O) groups is 1. The second-order valence-corrected chi connectivity index (χ2v) is 6.10. The van der Waals surface area contributed by atoms with Crippen LogP contribution in [0.25, 0.3) is 0 Å². The van der Waals surface area contributed by atoms with Gasteiger partial charge in [0.25, 0.3) is 0 Å². The van der Waals surface area contributed by atoms with E-state index in [0.29, 0.717) is 5.56 Å². The van der Waals surface area contributed by atoms with Crippen molar-refractivity contribution in [2.24, 2.45) is 0 Å². The Morgan fingerprint density at radius 1 is 1.60 bits per heavy atom. The fourth-order valence-corrected chi connectivity index (χ4v) is 3.68. The second kappa shape index (κ2) is 6.45. The van der Waals surface area contributed by atoms with E-state index < -0.39 is 11.8 Å². The number of aliphatic carboxylic acids is 1. The highest BCUT2D eigenvalue weighted by atomic mass is 32.2. The van der Waals surface area contributed by atoms with Crippen LogP contribution in [0.15, 0.2) is 18.2 Å². The van der Waals surface area contributed by atoms with Crippen LogP contribution in [-0.4, -0.2) is 45.2 Å². The Kier molecular flexibility index (Phi) is 4.88. The number of benzene rings is 1. The summed E-state index contributed by atoms with van der Waals surface area (Å²) in [5.74, 6) is 0.275. The molecular formula is C14H18FNO3S. The van der Waals surface area contributed by atoms with Gasteiger partial charge in [-0.2, -0.15) is 11.8 Å². The summed E-state index contributed by atoms with van der Waals surface area (Å²) in [6.45, 7) is 2.62. The first kappa shape index (κ1) is 15.1. The van der Waals surface area contributed by atoms with E-state index in [4.69, 9.17) is 5.11 Å². The number of phenols is 1. The Bertz CT molecular complexity index is 497. The molecule has 0 radical (unpaired) electrons. The van der Waals surface area contributed by atoms with Crippen LogP contribution < -0.4 is 0 Å². The fraction of sp³-hybridized carbons (Fsp3) is 0.500. The van der Waals surface area contributed by atoms with Gasteiger partial charge in [0, 0.05) is 41.8 Å². The van der Waals surface area contributed by atoms with Gasteiger partial charge in [0.2, 0.25) is 0 Å². The van der Waals surface area contributed by atoms with E-state index in [0.717, 1.165) is 24.1 Å². The van der Waals surface area contributed by atoms with E-state index in [1.165, 1.54) is 6.07 Å². The molecule has 1 aromatic carbocycles. The Morgan fingerprint density at radius 2 is 2.35 bits per heavy atom. The van der Waals surface area contributed by atoms with Crippen molar-refractivity contribution in [3.63, 3.8) is 0 Å². The Labute approximate surface area is 121 Å². The van der Waals surface area contributed by atoms with Gasteiger partial charge >= 0.3 is 5.97 Å². The van der Waals surface area contributed by atoms with Gasteiger partial charge in [0.1, 0.15) is 11.6 Å². The molecule has 0 saturated carbocycles. The molecule has 2 N–H and O–H groups in total. The van der Waals surface area contributed by atoms with E-state index in [9.17, 15) is 14.3 Å². The number of aromatic hydroxyl groups is 1. The molecule has 2 unspecified atom stereocenters. The summed E-state index contributed by atoms with van der Waals surface area (Å²) in [6, 6.07) is 3.82. The lowest BCUT2D eigenvalue weighted by atomic mass is 10.0. The first-order chi connectivity index (χ1) is 9.49. The number of phenolic OH excluding ortho intramolecular Hbond substituents is 1. The molecule has 20 heavy (non-hydrogen) atoms. The van der Waals surface area contributed by atoms with Gasteiger partial charge in [-0.3, -0.25) is 9.69 Å². The van der Waals surface area contributed by atoms with Crippen molar-refractivity contribution in [1.82, 2.24) is 4.90 Å². The Balaban J connectivity index is 2.20. The molecule has 0 bridgehead atoms. The second-order valence-electron chi connectivity index (χ2n) is 4.95. The first-order valence-corrected chi connectivity index (χ1v) is 7.68. The third kappa shape index (κ3) is 3.43. The van der Waals surface area contributed by atoms with E-state index in [1.807, 2.05) is 11.8 Å². The highest BCUT2D eigenvalue weighted by Crippen LogP contribution is 2.31. The van der Waals surface area contributed by atoms with Gasteiger partial charge in [0.15, 0.2) is 0 Å². The quantitative estimate of drug-likeness (QED) is 0.894. The summed E-state index contributed by atoms with van der Waals surface area (Å²) in [6.07, 6.45) is 0.0665. The van der Waals surface area contributed by atoms with Crippen molar-refractivity contribution < 1.29 is 19.4 Å². The van der Waals surface area contributed by atoms with Gasteiger partial charge in [-0.15, -0.1) is 0 Å².